The lowest BCUT2D eigenvalue weighted by Crippen LogP contribution is -2.44. The van der Waals surface area contributed by atoms with E-state index in [1.54, 1.807) is 0 Å². The summed E-state index contributed by atoms with van der Waals surface area (Å²) in [5.41, 5.74) is 2.32. The van der Waals surface area contributed by atoms with Gasteiger partial charge in [0.05, 0.1) is 13.2 Å². The van der Waals surface area contributed by atoms with Gasteiger partial charge < -0.3 is 9.64 Å². The highest BCUT2D eigenvalue weighted by Gasteiger charge is 2.29. The second-order valence-electron chi connectivity index (χ2n) is 5.65. The molecule has 0 amide bonds. The van der Waals surface area contributed by atoms with Crippen molar-refractivity contribution in [3.63, 3.8) is 0 Å². The fourth-order valence-electron chi connectivity index (χ4n) is 3.20. The van der Waals surface area contributed by atoms with Crippen LogP contribution in [0.25, 0.3) is 0 Å². The van der Waals surface area contributed by atoms with Crippen LogP contribution in [0.1, 0.15) is 17.5 Å². The molecule has 0 radical (unpaired) electrons. The van der Waals surface area contributed by atoms with E-state index in [-0.39, 0.29) is 0 Å². The van der Waals surface area contributed by atoms with E-state index >= 15 is 0 Å². The lowest BCUT2D eigenvalue weighted by atomic mass is 10.2. The molecule has 0 aliphatic carbocycles. The Labute approximate surface area is 125 Å². The molecule has 20 heavy (non-hydrogen) atoms. The molecular weight excluding hydrogens is 274 g/mol. The first-order valence-electron chi connectivity index (χ1n) is 7.36. The molecule has 0 aromatic carbocycles. The van der Waals surface area contributed by atoms with Crippen LogP contribution >= 0.6 is 11.6 Å². The van der Waals surface area contributed by atoms with Crippen molar-refractivity contribution in [2.75, 3.05) is 44.3 Å². The molecule has 5 heteroatoms. The number of ether oxygens (including phenoxy) is 1. The summed E-state index contributed by atoms with van der Waals surface area (Å²) >= 11 is 5.86. The van der Waals surface area contributed by atoms with Crippen LogP contribution in [0.15, 0.2) is 12.3 Å². The Morgan fingerprint density at radius 2 is 2.15 bits per heavy atom. The van der Waals surface area contributed by atoms with Gasteiger partial charge in [-0.2, -0.15) is 0 Å². The first kappa shape index (κ1) is 14.1. The molecule has 0 spiro atoms. The summed E-state index contributed by atoms with van der Waals surface area (Å²) in [5, 5.41) is 0. The van der Waals surface area contributed by atoms with E-state index in [0.717, 1.165) is 50.8 Å². The third-order valence-electron chi connectivity index (χ3n) is 4.29. The van der Waals surface area contributed by atoms with Crippen molar-refractivity contribution in [3.05, 3.63) is 23.4 Å². The second kappa shape index (κ2) is 6.29. The van der Waals surface area contributed by atoms with E-state index in [1.165, 1.54) is 12.0 Å². The Morgan fingerprint density at radius 3 is 2.85 bits per heavy atom. The van der Waals surface area contributed by atoms with Gasteiger partial charge in [0, 0.05) is 44.3 Å². The standard InChI is InChI=1S/C15H22ClN3O/c1-12-8-13(9-16)10-17-15(12)19-3-2-14(11-19)18-4-6-20-7-5-18/h8,10,14H,2-7,9,11H2,1H3. The molecule has 0 saturated carbocycles. The molecule has 0 N–H and O–H groups in total. The number of pyridine rings is 1. The molecule has 1 unspecified atom stereocenters. The van der Waals surface area contributed by atoms with Gasteiger partial charge in [-0.25, -0.2) is 4.98 Å². The quantitative estimate of drug-likeness (QED) is 0.798. The first-order valence-corrected chi connectivity index (χ1v) is 7.89. The summed E-state index contributed by atoms with van der Waals surface area (Å²) in [5.74, 6) is 1.65. The molecule has 1 atom stereocenters. The average molecular weight is 296 g/mol. The predicted octanol–water partition coefficient (Wildman–Crippen LogP) is 2.04. The number of aryl methyl sites for hydroxylation is 1. The molecule has 2 saturated heterocycles. The molecule has 1 aromatic heterocycles. The Hall–Kier alpha value is -0.840. The summed E-state index contributed by atoms with van der Waals surface area (Å²) < 4.78 is 5.44. The van der Waals surface area contributed by atoms with E-state index < -0.39 is 0 Å². The van der Waals surface area contributed by atoms with Gasteiger partial charge in [0.2, 0.25) is 0 Å². The number of morpholine rings is 1. The van der Waals surface area contributed by atoms with Crippen molar-refractivity contribution < 1.29 is 4.74 Å². The summed E-state index contributed by atoms with van der Waals surface area (Å²) in [7, 11) is 0. The zero-order chi connectivity index (χ0) is 13.9. The minimum atomic E-state index is 0.532. The van der Waals surface area contributed by atoms with Gasteiger partial charge >= 0.3 is 0 Å². The lowest BCUT2D eigenvalue weighted by Gasteiger charge is -2.32. The first-order chi connectivity index (χ1) is 9.78. The van der Waals surface area contributed by atoms with Crippen LogP contribution in [0.5, 0.6) is 0 Å². The predicted molar refractivity (Wildman–Crippen MR) is 81.5 cm³/mol. The highest BCUT2D eigenvalue weighted by molar-refractivity contribution is 6.17. The molecule has 2 aliphatic rings. The topological polar surface area (TPSA) is 28.6 Å². The van der Waals surface area contributed by atoms with Crippen molar-refractivity contribution in [2.24, 2.45) is 0 Å². The molecule has 110 valence electrons. The van der Waals surface area contributed by atoms with Crippen LogP contribution in [0.2, 0.25) is 0 Å². The molecule has 4 nitrogen and oxygen atoms in total. The summed E-state index contributed by atoms with van der Waals surface area (Å²) in [6, 6.07) is 2.80. The number of aromatic nitrogens is 1. The normalized spacial score (nSPS) is 24.3. The van der Waals surface area contributed by atoms with Crippen LogP contribution in [0.3, 0.4) is 0 Å². The van der Waals surface area contributed by atoms with Gasteiger partial charge in [-0.15, -0.1) is 11.6 Å². The van der Waals surface area contributed by atoms with Gasteiger partial charge in [-0.1, -0.05) is 0 Å². The molecule has 3 heterocycles. The maximum Gasteiger partial charge on any atom is 0.131 e. The number of anilines is 1. The minimum Gasteiger partial charge on any atom is -0.379 e. The van der Waals surface area contributed by atoms with E-state index in [9.17, 15) is 0 Å². The monoisotopic (exact) mass is 295 g/mol. The summed E-state index contributed by atoms with van der Waals surface area (Å²) in [4.78, 5) is 9.58. The SMILES string of the molecule is Cc1cc(CCl)cnc1N1CCC(N2CCOCC2)C1. The Balaban J connectivity index is 1.67. The van der Waals surface area contributed by atoms with Gasteiger partial charge in [0.15, 0.2) is 0 Å². The maximum absolute atomic E-state index is 5.86. The van der Waals surface area contributed by atoms with Crippen molar-refractivity contribution in [1.82, 2.24) is 9.88 Å². The largest absolute Gasteiger partial charge is 0.379 e. The van der Waals surface area contributed by atoms with E-state index in [0.29, 0.717) is 11.9 Å². The molecular formula is C15H22ClN3O. The van der Waals surface area contributed by atoms with Gasteiger partial charge in [0.25, 0.3) is 0 Å². The van der Waals surface area contributed by atoms with E-state index in [2.05, 4.69) is 27.8 Å². The molecule has 0 bridgehead atoms. The highest BCUT2D eigenvalue weighted by Crippen LogP contribution is 2.25. The number of alkyl halides is 1. The number of hydrogen-bond acceptors (Lipinski definition) is 4. The zero-order valence-electron chi connectivity index (χ0n) is 12.0. The number of nitrogens with zero attached hydrogens (tertiary/aromatic N) is 3. The fraction of sp³-hybridized carbons (Fsp3) is 0.667. The minimum absolute atomic E-state index is 0.532. The molecule has 2 fully saturated rings. The third kappa shape index (κ3) is 2.92. The van der Waals surface area contributed by atoms with Crippen molar-refractivity contribution in [1.29, 1.82) is 0 Å². The summed E-state index contributed by atoms with van der Waals surface area (Å²) in [6.07, 6.45) is 3.12. The molecule has 1 aromatic rings. The molecule has 3 rings (SSSR count). The Kier molecular flexibility index (Phi) is 4.44. The van der Waals surface area contributed by atoms with Crippen LogP contribution < -0.4 is 4.90 Å². The number of hydrogen-bond donors (Lipinski definition) is 0. The Morgan fingerprint density at radius 1 is 1.35 bits per heavy atom. The smallest absolute Gasteiger partial charge is 0.131 e. The van der Waals surface area contributed by atoms with E-state index in [4.69, 9.17) is 16.3 Å². The van der Waals surface area contributed by atoms with Gasteiger partial charge in [-0.3, -0.25) is 4.90 Å². The highest BCUT2D eigenvalue weighted by atomic mass is 35.5. The van der Waals surface area contributed by atoms with E-state index in [1.807, 2.05) is 6.20 Å². The third-order valence-corrected chi connectivity index (χ3v) is 4.60. The van der Waals surface area contributed by atoms with Crippen LogP contribution in [0, 0.1) is 6.92 Å². The van der Waals surface area contributed by atoms with Gasteiger partial charge in [0.1, 0.15) is 5.82 Å². The lowest BCUT2D eigenvalue weighted by molar-refractivity contribution is 0.0209. The zero-order valence-corrected chi connectivity index (χ0v) is 12.8. The van der Waals surface area contributed by atoms with Crippen molar-refractivity contribution in [2.45, 2.75) is 25.3 Å². The van der Waals surface area contributed by atoms with Crippen molar-refractivity contribution in [3.8, 4) is 0 Å². The van der Waals surface area contributed by atoms with Gasteiger partial charge in [-0.05, 0) is 30.5 Å². The maximum atomic E-state index is 5.86. The van der Waals surface area contributed by atoms with Crippen molar-refractivity contribution >= 4 is 17.4 Å². The Bertz CT molecular complexity index is 462. The average Bonchev–Trinajstić information content (AvgIpc) is 2.97. The fourth-order valence-corrected chi connectivity index (χ4v) is 3.35. The van der Waals surface area contributed by atoms with Crippen LogP contribution in [-0.2, 0) is 10.6 Å². The second-order valence-corrected chi connectivity index (χ2v) is 5.92. The van der Waals surface area contributed by atoms with Crippen LogP contribution in [-0.4, -0.2) is 55.3 Å². The van der Waals surface area contributed by atoms with Crippen LogP contribution in [0.4, 0.5) is 5.82 Å². The number of rotatable bonds is 3. The summed E-state index contributed by atoms with van der Waals surface area (Å²) in [6.45, 7) is 8.17. The molecule has 2 aliphatic heterocycles. The number of halogens is 1.